The molecule has 5 fully saturated rings. The van der Waals surface area contributed by atoms with Gasteiger partial charge in [-0.25, -0.2) is 0 Å². The van der Waals surface area contributed by atoms with Crippen molar-refractivity contribution in [2.24, 2.45) is 29.2 Å². The smallest absolute Gasteiger partial charge is 0.262 e. The monoisotopic (exact) mass is 767 g/mol. The fraction of sp³-hybridized carbons (Fsp3) is 0.524. The Morgan fingerprint density at radius 1 is 0.893 bits per heavy atom. The SMILES string of the molecule is CC1CN2C(/C=C/c3ccccc3O)=C(N)NCC2CN1C.CN.O=C1CCC(N2C(=O)c3ccc(N4CCC(CN5CC6CC6C5)CC4)cc3C2=O)C(=O)N1. The highest BCUT2D eigenvalue weighted by Gasteiger charge is 2.46. The number of para-hydroxylation sites is 1. The average molecular weight is 768 g/mol. The molecule has 4 amide bonds. The summed E-state index contributed by atoms with van der Waals surface area (Å²) in [6.45, 7) is 10.8. The Hall–Kier alpha value is -4.92. The molecule has 2 aromatic carbocycles. The first-order valence-electron chi connectivity index (χ1n) is 20.1. The van der Waals surface area contributed by atoms with Crippen LogP contribution in [0.25, 0.3) is 6.08 Å². The lowest BCUT2D eigenvalue weighted by Gasteiger charge is -2.48. The fourth-order valence-corrected chi connectivity index (χ4v) is 9.15. The van der Waals surface area contributed by atoms with Crippen LogP contribution >= 0.6 is 0 Å². The van der Waals surface area contributed by atoms with Crippen LogP contribution in [-0.2, 0) is 9.59 Å². The molecule has 4 saturated heterocycles. The molecule has 6 aliphatic heterocycles. The minimum atomic E-state index is -0.920. The van der Waals surface area contributed by atoms with Crippen LogP contribution in [-0.4, -0.2) is 133 Å². The molecule has 7 N–H and O–H groups in total. The van der Waals surface area contributed by atoms with Gasteiger partial charge < -0.3 is 36.6 Å². The molecule has 0 aromatic heterocycles. The Bertz CT molecular complexity index is 1880. The number of allylic oxidation sites excluding steroid dienone is 1. The molecule has 1 saturated carbocycles. The number of likely N-dealkylation sites (N-methyl/N-ethyl adjacent to an activating group) is 1. The number of piperazine rings is 1. The lowest BCUT2D eigenvalue weighted by molar-refractivity contribution is -0.136. The van der Waals surface area contributed by atoms with E-state index < -0.39 is 23.8 Å². The second kappa shape index (κ2) is 16.7. The molecule has 5 unspecified atom stereocenters. The summed E-state index contributed by atoms with van der Waals surface area (Å²) in [5, 5.41) is 15.4. The zero-order chi connectivity index (χ0) is 39.7. The summed E-state index contributed by atoms with van der Waals surface area (Å²) in [7, 11) is 3.67. The van der Waals surface area contributed by atoms with Crippen molar-refractivity contribution in [2.75, 3.05) is 71.4 Å². The van der Waals surface area contributed by atoms with Crippen molar-refractivity contribution < 1.29 is 24.3 Å². The molecule has 56 heavy (non-hydrogen) atoms. The third-order valence-corrected chi connectivity index (χ3v) is 12.6. The van der Waals surface area contributed by atoms with Crippen molar-refractivity contribution in [1.82, 2.24) is 30.2 Å². The standard InChI is InChI=1S/C24H28N4O4.C17H24N4O.CH5N/c29-21-4-3-20(22(30)25-21)28-23(31)18-2-1-17(10-19(18)24(28)32)27-7-5-14(6-8-27)11-26-12-15-9-16(15)13-26;1-12-10-21-14(11-20(12)2)9-19-17(18)15(21)8-7-13-5-3-4-6-16(13)22;1-2/h1-2,10,14-16,20H,3-9,11-13H2,(H,25,29,30);3-8,12,14,19,22H,9-11,18H2,1-2H3;2H2,1H3/b;8-7+;. The van der Waals surface area contributed by atoms with E-state index in [4.69, 9.17) is 5.73 Å². The molecule has 5 atom stereocenters. The third kappa shape index (κ3) is 8.14. The molecule has 1 aliphatic carbocycles. The van der Waals surface area contributed by atoms with Crippen LogP contribution < -0.4 is 27.0 Å². The van der Waals surface area contributed by atoms with Crippen molar-refractivity contribution in [3.05, 3.63) is 76.7 Å². The largest absolute Gasteiger partial charge is 0.507 e. The van der Waals surface area contributed by atoms with Crippen LogP contribution in [0.15, 0.2) is 60.1 Å². The number of imide groups is 2. The summed E-state index contributed by atoms with van der Waals surface area (Å²) in [5.74, 6) is 1.83. The number of hydrogen-bond donors (Lipinski definition) is 5. The van der Waals surface area contributed by atoms with Crippen LogP contribution in [0, 0.1) is 17.8 Å². The number of carbonyl (C=O) groups excluding carboxylic acids is 4. The zero-order valence-electron chi connectivity index (χ0n) is 32.8. The molecule has 14 nitrogen and oxygen atoms in total. The van der Waals surface area contributed by atoms with Gasteiger partial charge >= 0.3 is 0 Å². The highest BCUT2D eigenvalue weighted by atomic mass is 16.3. The van der Waals surface area contributed by atoms with E-state index in [0.717, 1.165) is 85.2 Å². The first kappa shape index (κ1) is 39.3. The van der Waals surface area contributed by atoms with Gasteiger partial charge in [0.25, 0.3) is 11.8 Å². The molecule has 0 spiro atoms. The number of piperidine rings is 3. The van der Waals surface area contributed by atoms with Gasteiger partial charge in [0, 0.05) is 76.1 Å². The number of hydrogen-bond acceptors (Lipinski definition) is 12. The van der Waals surface area contributed by atoms with Gasteiger partial charge in [0.05, 0.1) is 22.9 Å². The van der Waals surface area contributed by atoms with Gasteiger partial charge in [-0.05, 0) is 101 Å². The van der Waals surface area contributed by atoms with Crippen molar-refractivity contribution in [3.8, 4) is 5.75 Å². The lowest BCUT2D eigenvalue weighted by atomic mass is 9.95. The lowest BCUT2D eigenvalue weighted by Crippen LogP contribution is -2.61. The van der Waals surface area contributed by atoms with Crippen molar-refractivity contribution in [1.29, 1.82) is 0 Å². The highest BCUT2D eigenvalue weighted by Crippen LogP contribution is 2.45. The quantitative estimate of drug-likeness (QED) is 0.270. The number of fused-ring (bicyclic) bond motifs is 3. The van der Waals surface area contributed by atoms with Crippen LogP contribution in [0.5, 0.6) is 5.75 Å². The molecule has 9 rings (SSSR count). The minimum Gasteiger partial charge on any atom is -0.507 e. The first-order valence-corrected chi connectivity index (χ1v) is 20.1. The number of benzene rings is 2. The Morgan fingerprint density at radius 2 is 1.61 bits per heavy atom. The number of rotatable bonds is 6. The van der Waals surface area contributed by atoms with E-state index in [9.17, 15) is 24.3 Å². The third-order valence-electron chi connectivity index (χ3n) is 12.6. The maximum Gasteiger partial charge on any atom is 0.262 e. The van der Waals surface area contributed by atoms with Gasteiger partial charge in [0.1, 0.15) is 17.6 Å². The van der Waals surface area contributed by atoms with E-state index in [-0.39, 0.29) is 24.5 Å². The summed E-state index contributed by atoms with van der Waals surface area (Å²) < 4.78 is 0. The van der Waals surface area contributed by atoms with E-state index in [1.165, 1.54) is 33.1 Å². The molecule has 2 aromatic rings. The predicted molar refractivity (Wildman–Crippen MR) is 215 cm³/mol. The summed E-state index contributed by atoms with van der Waals surface area (Å²) in [6, 6.07) is 12.7. The summed E-state index contributed by atoms with van der Waals surface area (Å²) in [5.41, 5.74) is 14.1. The van der Waals surface area contributed by atoms with Gasteiger partial charge in [-0.1, -0.05) is 18.2 Å². The van der Waals surface area contributed by atoms with Gasteiger partial charge in [0.15, 0.2) is 0 Å². The number of phenols is 1. The van der Waals surface area contributed by atoms with Gasteiger partial charge in [-0.15, -0.1) is 0 Å². The van der Waals surface area contributed by atoms with E-state index >= 15 is 0 Å². The topological polar surface area (TPSA) is 181 Å². The number of carbonyl (C=O) groups is 4. The van der Waals surface area contributed by atoms with Crippen LogP contribution in [0.4, 0.5) is 5.69 Å². The van der Waals surface area contributed by atoms with Crippen LogP contribution in [0.1, 0.15) is 65.3 Å². The number of nitrogens with one attached hydrogen (secondary N) is 2. The zero-order valence-corrected chi connectivity index (χ0v) is 32.8. The maximum absolute atomic E-state index is 13.1. The Morgan fingerprint density at radius 3 is 2.32 bits per heavy atom. The number of aromatic hydroxyl groups is 1. The molecular weight excluding hydrogens is 711 g/mol. The molecule has 7 aliphatic rings. The minimum absolute atomic E-state index is 0.128. The second-order valence-corrected chi connectivity index (χ2v) is 16.2. The summed E-state index contributed by atoms with van der Waals surface area (Å²) >= 11 is 0. The Kier molecular flexibility index (Phi) is 11.7. The van der Waals surface area contributed by atoms with Crippen LogP contribution in [0.2, 0.25) is 0 Å². The van der Waals surface area contributed by atoms with E-state index in [0.29, 0.717) is 29.0 Å². The van der Waals surface area contributed by atoms with Gasteiger partial charge in [-0.2, -0.15) is 0 Å². The van der Waals surface area contributed by atoms with Gasteiger partial charge in [-0.3, -0.25) is 34.3 Å². The first-order chi connectivity index (χ1) is 27.0. The van der Waals surface area contributed by atoms with Crippen molar-refractivity contribution in [3.63, 3.8) is 0 Å². The Balaban J connectivity index is 0.000000176. The number of anilines is 1. The molecule has 0 radical (unpaired) electrons. The van der Waals surface area contributed by atoms with Gasteiger partial charge in [0.2, 0.25) is 11.8 Å². The molecular formula is C42H57N9O5. The van der Waals surface area contributed by atoms with E-state index in [1.54, 1.807) is 18.2 Å². The Labute approximate surface area is 329 Å². The highest BCUT2D eigenvalue weighted by molar-refractivity contribution is 6.23. The summed E-state index contributed by atoms with van der Waals surface area (Å²) in [4.78, 5) is 60.3. The van der Waals surface area contributed by atoms with Crippen LogP contribution in [0.3, 0.4) is 0 Å². The summed E-state index contributed by atoms with van der Waals surface area (Å²) in [6.07, 6.45) is 7.94. The number of likely N-dealkylation sites (tertiary alicyclic amines) is 1. The van der Waals surface area contributed by atoms with E-state index in [1.807, 2.05) is 36.4 Å². The number of nitrogens with zero attached hydrogens (tertiary/aromatic N) is 5. The molecule has 0 bridgehead atoms. The maximum atomic E-state index is 13.1. The second-order valence-electron chi connectivity index (χ2n) is 16.2. The molecule has 300 valence electrons. The fourth-order valence-electron chi connectivity index (χ4n) is 9.15. The number of nitrogens with two attached hydrogens (primary N) is 2. The van der Waals surface area contributed by atoms with E-state index in [2.05, 4.69) is 49.9 Å². The van der Waals surface area contributed by atoms with Crippen molar-refractivity contribution in [2.45, 2.75) is 57.2 Å². The molecule has 14 heteroatoms. The number of phenolic OH excluding ortho intramolecular Hbond substituents is 1. The van der Waals surface area contributed by atoms with Crippen molar-refractivity contribution >= 4 is 35.4 Å². The molecule has 6 heterocycles. The number of amides is 4. The predicted octanol–water partition coefficient (Wildman–Crippen LogP) is 1.97. The average Bonchev–Trinajstić information content (AvgIpc) is 3.73. The normalized spacial score (nSPS) is 27.9.